The Morgan fingerprint density at radius 1 is 1.17 bits per heavy atom. The number of amides is 2. The summed E-state index contributed by atoms with van der Waals surface area (Å²) in [6.07, 6.45) is 3.71. The Morgan fingerprint density at radius 3 is 2.58 bits per heavy atom. The minimum Gasteiger partial charge on any atom is -0.492 e. The van der Waals surface area contributed by atoms with Crippen LogP contribution in [0.25, 0.3) is 0 Å². The largest absolute Gasteiger partial charge is 0.492 e. The van der Waals surface area contributed by atoms with E-state index in [0.29, 0.717) is 24.1 Å². The lowest BCUT2D eigenvalue weighted by Crippen LogP contribution is -2.82. The minimum atomic E-state index is -0.369. The number of amidine groups is 1. The van der Waals surface area contributed by atoms with Gasteiger partial charge < -0.3 is 20.7 Å². The second-order valence-electron chi connectivity index (χ2n) is 10.9. The first-order valence-electron chi connectivity index (χ1n) is 12.7. The van der Waals surface area contributed by atoms with Crippen molar-refractivity contribution in [1.82, 2.24) is 10.2 Å². The number of nitrogens with zero attached hydrogens (tertiary/aromatic N) is 2. The number of hydrogen-bond donors (Lipinski definition) is 3. The molecule has 1 aliphatic rings. The highest BCUT2D eigenvalue weighted by molar-refractivity contribution is 5.96. The Labute approximate surface area is 215 Å². The van der Waals surface area contributed by atoms with Gasteiger partial charge in [-0.3, -0.25) is 5.32 Å². The molecular weight excluding hydrogens is 450 g/mol. The van der Waals surface area contributed by atoms with E-state index < -0.39 is 0 Å². The number of likely N-dealkylation sites (N-methyl/N-ethyl adjacent to an activating group) is 1. The first-order valence-corrected chi connectivity index (χ1v) is 12.7. The van der Waals surface area contributed by atoms with Crippen molar-refractivity contribution >= 4 is 17.6 Å². The van der Waals surface area contributed by atoms with Gasteiger partial charge in [-0.15, -0.1) is 4.99 Å². The molecule has 2 aromatic carbocycles. The summed E-state index contributed by atoms with van der Waals surface area (Å²) in [7, 11) is 4.03. The van der Waals surface area contributed by atoms with Crippen LogP contribution in [0.4, 0.5) is 10.5 Å². The molecule has 2 aromatic rings. The van der Waals surface area contributed by atoms with Crippen molar-refractivity contribution in [3.05, 3.63) is 71.4 Å². The van der Waals surface area contributed by atoms with Crippen molar-refractivity contribution in [2.75, 3.05) is 27.2 Å². The fourth-order valence-corrected chi connectivity index (χ4v) is 4.15. The summed E-state index contributed by atoms with van der Waals surface area (Å²) in [5.74, 6) is 1.77. The molecule has 0 heterocycles. The molecule has 5 N–H and O–H groups in total. The summed E-state index contributed by atoms with van der Waals surface area (Å²) in [6.45, 7) is 9.77. The summed E-state index contributed by atoms with van der Waals surface area (Å²) < 4.78 is 5.88. The van der Waals surface area contributed by atoms with Crippen LogP contribution < -0.4 is 21.1 Å². The van der Waals surface area contributed by atoms with Gasteiger partial charge in [0.1, 0.15) is 18.0 Å². The number of ether oxygens (including phenoxy) is 1. The Bertz CT molecular complexity index is 1100. The number of carbonyl (C=O) groups excluding carboxylic acids is 1. The zero-order chi connectivity index (χ0) is 26.3. The van der Waals surface area contributed by atoms with E-state index in [-0.39, 0.29) is 17.5 Å². The third-order valence-corrected chi connectivity index (χ3v) is 6.47. The van der Waals surface area contributed by atoms with Crippen molar-refractivity contribution in [2.24, 2.45) is 16.1 Å². The molecule has 0 aliphatic heterocycles. The van der Waals surface area contributed by atoms with E-state index in [1.165, 1.54) is 11.1 Å². The standard InChI is InChI=1S/C29H41N5O2/c1-20-14-15-25(24-13-8-7-12-23(20)24)32-28(35)33-27(19-26(30)29(2,3)4)31-21-10-9-11-22(18-21)36-17-16-34(5)6/h7-13,18-20,25H,14-17,30H2,1-6H3,(H2,31,32,33,35)/p+1/b26-19-/t20?,25-/m0/s1. The highest BCUT2D eigenvalue weighted by atomic mass is 16.5. The van der Waals surface area contributed by atoms with Crippen molar-refractivity contribution in [3.8, 4) is 5.75 Å². The molecule has 2 atom stereocenters. The van der Waals surface area contributed by atoms with Crippen LogP contribution in [0.2, 0.25) is 0 Å². The molecule has 0 radical (unpaired) electrons. The number of nitrogens with one attached hydrogen (secondary N) is 1. The van der Waals surface area contributed by atoms with E-state index in [1.54, 1.807) is 6.08 Å². The first-order chi connectivity index (χ1) is 17.0. The maximum Gasteiger partial charge on any atom is 0.346 e. The summed E-state index contributed by atoms with van der Waals surface area (Å²) >= 11 is 0. The van der Waals surface area contributed by atoms with Crippen LogP contribution in [0.15, 0.2) is 65.3 Å². The molecule has 0 saturated heterocycles. The lowest BCUT2D eigenvalue weighted by atomic mass is 9.81. The number of allylic oxidation sites excluding steroid dienone is 1. The van der Waals surface area contributed by atoms with Crippen molar-refractivity contribution in [1.29, 1.82) is 0 Å². The summed E-state index contributed by atoms with van der Waals surface area (Å²) in [6, 6.07) is 15.7. The number of urea groups is 1. The van der Waals surface area contributed by atoms with Crippen LogP contribution >= 0.6 is 0 Å². The van der Waals surface area contributed by atoms with E-state index in [1.807, 2.05) is 70.5 Å². The van der Waals surface area contributed by atoms with Crippen LogP contribution in [0.1, 0.15) is 63.6 Å². The monoisotopic (exact) mass is 492 g/mol. The van der Waals surface area contributed by atoms with Gasteiger partial charge in [0.2, 0.25) is 5.84 Å². The molecule has 7 heteroatoms. The summed E-state index contributed by atoms with van der Waals surface area (Å²) in [5.41, 5.74) is 10.1. The molecule has 36 heavy (non-hydrogen) atoms. The van der Waals surface area contributed by atoms with Gasteiger partial charge in [-0.05, 0) is 56.1 Å². The van der Waals surface area contributed by atoms with Gasteiger partial charge in [0.05, 0.1) is 6.04 Å². The lowest BCUT2D eigenvalue weighted by Gasteiger charge is -2.29. The molecule has 1 unspecified atom stereocenters. The quantitative estimate of drug-likeness (QED) is 0.302. The molecule has 0 spiro atoms. The Hall–Kier alpha value is -3.16. The Morgan fingerprint density at radius 2 is 1.89 bits per heavy atom. The molecule has 2 amide bonds. The molecule has 1 aliphatic carbocycles. The third-order valence-electron chi connectivity index (χ3n) is 6.47. The maximum atomic E-state index is 13.1. The zero-order valence-electron chi connectivity index (χ0n) is 22.5. The fraction of sp³-hybridized carbons (Fsp3) is 0.448. The van der Waals surface area contributed by atoms with Crippen LogP contribution in [0.5, 0.6) is 5.75 Å². The van der Waals surface area contributed by atoms with Gasteiger partial charge in [0.15, 0.2) is 0 Å². The topological polar surface area (TPSA) is 96.6 Å². The number of rotatable bonds is 7. The second-order valence-corrected chi connectivity index (χ2v) is 10.9. The maximum absolute atomic E-state index is 13.1. The van der Waals surface area contributed by atoms with Crippen molar-refractivity contribution < 1.29 is 14.8 Å². The number of carbonyl (C=O) groups is 1. The fourth-order valence-electron chi connectivity index (χ4n) is 4.15. The van der Waals surface area contributed by atoms with Crippen LogP contribution in [-0.4, -0.2) is 44.0 Å². The van der Waals surface area contributed by atoms with Gasteiger partial charge in [-0.1, -0.05) is 58.0 Å². The highest BCUT2D eigenvalue weighted by Crippen LogP contribution is 2.37. The lowest BCUT2D eigenvalue weighted by molar-refractivity contribution is -0.441. The Balaban J connectivity index is 1.81. The SMILES string of the molecule is CC1CC[C@H](NC(=O)/N=C(\C=C(/N)C(C)(C)C)[NH2+]c2cccc(OCCN(C)C)c2)c2ccccc21. The van der Waals surface area contributed by atoms with E-state index in [9.17, 15) is 4.79 Å². The molecule has 0 aromatic heterocycles. The average molecular weight is 493 g/mol. The molecule has 3 rings (SSSR count). The van der Waals surface area contributed by atoms with E-state index >= 15 is 0 Å². The normalized spacial score (nSPS) is 18.6. The number of fused-ring (bicyclic) bond motifs is 1. The van der Waals surface area contributed by atoms with Crippen molar-refractivity contribution in [2.45, 2.75) is 52.5 Å². The van der Waals surface area contributed by atoms with Gasteiger partial charge in [-0.2, -0.15) is 0 Å². The van der Waals surface area contributed by atoms with Gasteiger partial charge >= 0.3 is 6.03 Å². The van der Waals surface area contributed by atoms with Crippen LogP contribution in [-0.2, 0) is 0 Å². The van der Waals surface area contributed by atoms with E-state index in [2.05, 4.69) is 40.3 Å². The van der Waals surface area contributed by atoms with Gasteiger partial charge in [0.25, 0.3) is 0 Å². The van der Waals surface area contributed by atoms with Crippen LogP contribution in [0.3, 0.4) is 0 Å². The molecule has 7 nitrogen and oxygen atoms in total. The first kappa shape index (κ1) is 27.4. The number of quaternary nitrogens is 1. The minimum absolute atomic E-state index is 0.0488. The molecule has 0 saturated carbocycles. The molecule has 0 bridgehead atoms. The molecule has 0 fully saturated rings. The molecular formula is C29H42N5O2+. The third kappa shape index (κ3) is 7.93. The highest BCUT2D eigenvalue weighted by Gasteiger charge is 2.26. The zero-order valence-corrected chi connectivity index (χ0v) is 22.5. The smallest absolute Gasteiger partial charge is 0.346 e. The number of hydrogen-bond acceptors (Lipinski definition) is 4. The number of benzene rings is 2. The average Bonchev–Trinajstić information content (AvgIpc) is 2.80. The van der Waals surface area contributed by atoms with Crippen LogP contribution in [0, 0.1) is 5.41 Å². The summed E-state index contributed by atoms with van der Waals surface area (Å²) in [4.78, 5) is 19.6. The predicted molar refractivity (Wildman–Crippen MR) is 147 cm³/mol. The van der Waals surface area contributed by atoms with Crippen molar-refractivity contribution in [3.63, 3.8) is 0 Å². The number of aliphatic imine (C=N–C) groups is 1. The van der Waals surface area contributed by atoms with Gasteiger partial charge in [-0.25, -0.2) is 4.79 Å². The molecule has 194 valence electrons. The number of nitrogens with two attached hydrogens (primary N) is 2. The van der Waals surface area contributed by atoms with E-state index in [0.717, 1.165) is 30.8 Å². The summed E-state index contributed by atoms with van der Waals surface area (Å²) in [5, 5.41) is 5.00. The van der Waals surface area contributed by atoms with E-state index in [4.69, 9.17) is 10.5 Å². The second kappa shape index (κ2) is 12.2. The van der Waals surface area contributed by atoms with Gasteiger partial charge in [0, 0.05) is 29.8 Å². The predicted octanol–water partition coefficient (Wildman–Crippen LogP) is 4.46. The Kier molecular flexibility index (Phi) is 9.29.